The van der Waals surface area contributed by atoms with E-state index >= 15 is 0 Å². The molecule has 0 radical (unpaired) electrons. The van der Waals surface area contributed by atoms with Crippen LogP contribution in [0.25, 0.3) is 0 Å². The molecule has 0 aliphatic carbocycles. The number of carbonyl (C=O) groups excluding carboxylic acids is 3. The monoisotopic (exact) mass is 1040 g/mol. The number of unbranched alkanes of at least 4 members (excludes halogenated alkanes) is 44. The van der Waals surface area contributed by atoms with E-state index < -0.39 is 6.10 Å². The molecule has 6 heteroatoms. The van der Waals surface area contributed by atoms with Crippen molar-refractivity contribution in [1.82, 2.24) is 0 Å². The molecule has 0 rings (SSSR count). The topological polar surface area (TPSA) is 78.9 Å². The second-order valence-electron chi connectivity index (χ2n) is 22.4. The van der Waals surface area contributed by atoms with Crippen molar-refractivity contribution in [2.75, 3.05) is 13.2 Å². The molecule has 6 nitrogen and oxygen atoms in total. The van der Waals surface area contributed by atoms with Crippen molar-refractivity contribution in [3.05, 3.63) is 36.5 Å². The van der Waals surface area contributed by atoms with Gasteiger partial charge in [0, 0.05) is 19.3 Å². The van der Waals surface area contributed by atoms with Crippen molar-refractivity contribution >= 4 is 17.9 Å². The molecule has 434 valence electrons. The largest absolute Gasteiger partial charge is 0.462 e. The molecule has 0 aromatic rings. The lowest BCUT2D eigenvalue weighted by molar-refractivity contribution is -0.167. The SMILES string of the molecule is CCC/C=C\C/C=C\CCCCCCCC(=O)OCC(COC(=O)CCCCCCCCCCCCCCCCCCC/C=C\CCCCCCCCCC)OC(=O)CCCCCCCCCCCCCCCC. The number of hydrogen-bond acceptors (Lipinski definition) is 6. The number of allylic oxidation sites excluding steroid dienone is 6. The van der Waals surface area contributed by atoms with Gasteiger partial charge in [0.05, 0.1) is 0 Å². The first-order chi connectivity index (χ1) is 36.5. The highest BCUT2D eigenvalue weighted by molar-refractivity contribution is 5.71. The van der Waals surface area contributed by atoms with Crippen molar-refractivity contribution in [1.29, 1.82) is 0 Å². The summed E-state index contributed by atoms with van der Waals surface area (Å²) in [6, 6.07) is 0. The Morgan fingerprint density at radius 2 is 0.514 bits per heavy atom. The number of hydrogen-bond donors (Lipinski definition) is 0. The van der Waals surface area contributed by atoms with Crippen LogP contribution in [0.5, 0.6) is 0 Å². The zero-order valence-electron chi connectivity index (χ0n) is 49.9. The molecular formula is C68H126O6. The molecule has 1 atom stereocenters. The van der Waals surface area contributed by atoms with Crippen LogP contribution in [-0.4, -0.2) is 37.2 Å². The van der Waals surface area contributed by atoms with Gasteiger partial charge in [-0.1, -0.05) is 308 Å². The molecule has 0 bridgehead atoms. The second-order valence-corrected chi connectivity index (χ2v) is 22.4. The summed E-state index contributed by atoms with van der Waals surface area (Å²) in [4.78, 5) is 38.2. The molecular weight excluding hydrogens is 913 g/mol. The van der Waals surface area contributed by atoms with Crippen LogP contribution in [0.4, 0.5) is 0 Å². The molecule has 0 spiro atoms. The van der Waals surface area contributed by atoms with Crippen molar-refractivity contribution in [3.63, 3.8) is 0 Å². The first kappa shape index (κ1) is 71.6. The normalized spacial score (nSPS) is 12.2. The molecule has 0 saturated heterocycles. The van der Waals surface area contributed by atoms with E-state index in [-0.39, 0.29) is 31.1 Å². The van der Waals surface area contributed by atoms with Crippen LogP contribution in [0.1, 0.15) is 361 Å². The Morgan fingerprint density at radius 3 is 0.811 bits per heavy atom. The number of rotatable bonds is 61. The lowest BCUT2D eigenvalue weighted by atomic mass is 10.0. The van der Waals surface area contributed by atoms with Crippen molar-refractivity contribution in [2.24, 2.45) is 0 Å². The molecule has 0 amide bonds. The van der Waals surface area contributed by atoms with Gasteiger partial charge in [0.1, 0.15) is 13.2 Å². The summed E-state index contributed by atoms with van der Waals surface area (Å²) in [5, 5.41) is 0. The summed E-state index contributed by atoms with van der Waals surface area (Å²) in [6.07, 6.45) is 77.4. The van der Waals surface area contributed by atoms with Crippen LogP contribution in [0.15, 0.2) is 36.5 Å². The standard InChI is InChI=1S/C68H126O6/c1-4-7-10-13-16-19-22-25-27-28-29-30-31-32-33-34-35-36-37-38-39-40-41-44-46-49-52-55-58-61-67(70)73-64-65(63-72-66(69)60-57-54-51-48-45-42-24-21-18-15-12-9-6-3)74-68(71)62-59-56-53-50-47-43-26-23-20-17-14-11-8-5-2/h12,15,21,24,28-29,65H,4-11,13-14,16-20,22-23,25-27,30-64H2,1-3H3/b15-12-,24-21-,29-28-. The van der Waals surface area contributed by atoms with Crippen LogP contribution in [0.3, 0.4) is 0 Å². The van der Waals surface area contributed by atoms with Gasteiger partial charge in [-0.3, -0.25) is 14.4 Å². The molecule has 0 N–H and O–H groups in total. The van der Waals surface area contributed by atoms with E-state index in [9.17, 15) is 14.4 Å². The molecule has 1 unspecified atom stereocenters. The van der Waals surface area contributed by atoms with Crippen LogP contribution in [0.2, 0.25) is 0 Å². The molecule has 0 heterocycles. The molecule has 0 aromatic carbocycles. The lowest BCUT2D eigenvalue weighted by Gasteiger charge is -2.18. The van der Waals surface area contributed by atoms with E-state index in [0.717, 1.165) is 83.5 Å². The van der Waals surface area contributed by atoms with Gasteiger partial charge in [0.25, 0.3) is 0 Å². The van der Waals surface area contributed by atoms with Gasteiger partial charge in [-0.2, -0.15) is 0 Å². The minimum atomic E-state index is -0.774. The maximum absolute atomic E-state index is 12.9. The summed E-state index contributed by atoms with van der Waals surface area (Å²) < 4.78 is 16.9. The number of esters is 3. The third-order valence-corrected chi connectivity index (χ3v) is 14.8. The van der Waals surface area contributed by atoms with Gasteiger partial charge >= 0.3 is 17.9 Å². The average molecular weight is 1040 g/mol. The third-order valence-electron chi connectivity index (χ3n) is 14.8. The highest BCUT2D eigenvalue weighted by atomic mass is 16.6. The van der Waals surface area contributed by atoms with E-state index in [4.69, 9.17) is 14.2 Å². The van der Waals surface area contributed by atoms with Crippen LogP contribution in [0, 0.1) is 0 Å². The smallest absolute Gasteiger partial charge is 0.306 e. The fraction of sp³-hybridized carbons (Fsp3) is 0.868. The minimum absolute atomic E-state index is 0.0716. The maximum Gasteiger partial charge on any atom is 0.306 e. The molecule has 0 aromatic heterocycles. The summed E-state index contributed by atoms with van der Waals surface area (Å²) >= 11 is 0. The fourth-order valence-electron chi connectivity index (χ4n) is 9.89. The van der Waals surface area contributed by atoms with Gasteiger partial charge in [0.2, 0.25) is 0 Å². The molecule has 74 heavy (non-hydrogen) atoms. The van der Waals surface area contributed by atoms with Gasteiger partial charge in [-0.05, 0) is 70.6 Å². The van der Waals surface area contributed by atoms with Gasteiger partial charge in [-0.15, -0.1) is 0 Å². The average Bonchev–Trinajstić information content (AvgIpc) is 3.40. The van der Waals surface area contributed by atoms with E-state index in [2.05, 4.69) is 57.2 Å². The van der Waals surface area contributed by atoms with Crippen molar-refractivity contribution < 1.29 is 28.6 Å². The fourth-order valence-corrected chi connectivity index (χ4v) is 9.89. The Hall–Kier alpha value is -2.37. The van der Waals surface area contributed by atoms with E-state index in [0.29, 0.717) is 19.3 Å². The predicted octanol–water partition coefficient (Wildman–Crippen LogP) is 22.4. The minimum Gasteiger partial charge on any atom is -0.462 e. The van der Waals surface area contributed by atoms with Gasteiger partial charge in [0.15, 0.2) is 6.10 Å². The Labute approximate surface area is 461 Å². The Morgan fingerprint density at radius 1 is 0.270 bits per heavy atom. The van der Waals surface area contributed by atoms with Crippen LogP contribution < -0.4 is 0 Å². The van der Waals surface area contributed by atoms with Gasteiger partial charge < -0.3 is 14.2 Å². The third kappa shape index (κ3) is 60.5. The predicted molar refractivity (Wildman–Crippen MR) is 321 cm³/mol. The highest BCUT2D eigenvalue weighted by Crippen LogP contribution is 2.18. The first-order valence-corrected chi connectivity index (χ1v) is 33.0. The highest BCUT2D eigenvalue weighted by Gasteiger charge is 2.19. The maximum atomic E-state index is 12.9. The zero-order chi connectivity index (χ0) is 53.6. The van der Waals surface area contributed by atoms with E-state index in [1.54, 1.807) is 0 Å². The van der Waals surface area contributed by atoms with E-state index in [1.165, 1.54) is 238 Å². The first-order valence-electron chi connectivity index (χ1n) is 33.0. The van der Waals surface area contributed by atoms with Crippen molar-refractivity contribution in [2.45, 2.75) is 367 Å². The van der Waals surface area contributed by atoms with Crippen LogP contribution in [-0.2, 0) is 28.6 Å². The lowest BCUT2D eigenvalue weighted by Crippen LogP contribution is -2.30. The molecule has 0 fully saturated rings. The second kappa shape index (κ2) is 63.2. The Kier molecular flexibility index (Phi) is 61.1. The molecule has 0 saturated carbocycles. The summed E-state index contributed by atoms with van der Waals surface area (Å²) in [5.41, 5.74) is 0. The van der Waals surface area contributed by atoms with Gasteiger partial charge in [-0.25, -0.2) is 0 Å². The quantitative estimate of drug-likeness (QED) is 0.0261. The number of ether oxygens (including phenoxy) is 3. The molecule has 0 aliphatic rings. The van der Waals surface area contributed by atoms with Crippen molar-refractivity contribution in [3.8, 4) is 0 Å². The molecule has 0 aliphatic heterocycles. The summed E-state index contributed by atoms with van der Waals surface area (Å²) in [7, 11) is 0. The van der Waals surface area contributed by atoms with E-state index in [1.807, 2.05) is 0 Å². The Bertz CT molecular complexity index is 1240. The Balaban J connectivity index is 4.14. The van der Waals surface area contributed by atoms with Crippen LogP contribution >= 0.6 is 0 Å². The summed E-state index contributed by atoms with van der Waals surface area (Å²) in [5.74, 6) is -0.863. The number of carbonyl (C=O) groups is 3. The summed E-state index contributed by atoms with van der Waals surface area (Å²) in [6.45, 7) is 6.62. The zero-order valence-corrected chi connectivity index (χ0v) is 49.9.